The molecule has 0 bridgehead atoms. The van der Waals surface area contributed by atoms with Crippen LogP contribution >= 0.6 is 0 Å². The smallest absolute Gasteiger partial charge is 0.270 e. The summed E-state index contributed by atoms with van der Waals surface area (Å²) in [7, 11) is -3.84. The summed E-state index contributed by atoms with van der Waals surface area (Å²) in [6.45, 7) is 0. The Balaban J connectivity index is 1.62. The van der Waals surface area contributed by atoms with Crippen molar-refractivity contribution in [3.63, 3.8) is 0 Å². The van der Waals surface area contributed by atoms with Gasteiger partial charge in [0.05, 0.1) is 15.5 Å². The maximum Gasteiger partial charge on any atom is 0.270 e. The molecule has 1 aromatic heterocycles. The third-order valence-corrected chi connectivity index (χ3v) is 5.57. The molecular weight excluding hydrogens is 380 g/mol. The number of nitro groups is 1. The standard InChI is InChI=1S/C19H14N4O4S/c24-23(25)16-7-3-6-15(10-16)18-12-19(21-20-18)22-28(26,27)17-9-8-13-4-1-2-5-14(13)11-17/h1-12H,(H2,20,21,22). The first-order chi connectivity index (χ1) is 13.4. The number of H-pyrrole nitrogens is 1. The first-order valence-electron chi connectivity index (χ1n) is 8.24. The number of non-ortho nitro benzene ring substituents is 1. The summed E-state index contributed by atoms with van der Waals surface area (Å²) < 4.78 is 27.8. The minimum Gasteiger partial charge on any atom is -0.276 e. The molecule has 0 amide bonds. The molecular formula is C19H14N4O4S. The lowest BCUT2D eigenvalue weighted by molar-refractivity contribution is -0.384. The van der Waals surface area contributed by atoms with Crippen LogP contribution in [0.2, 0.25) is 0 Å². The van der Waals surface area contributed by atoms with Crippen LogP contribution in [0.15, 0.2) is 77.7 Å². The van der Waals surface area contributed by atoms with E-state index in [0.717, 1.165) is 10.8 Å². The highest BCUT2D eigenvalue weighted by Gasteiger charge is 2.17. The van der Waals surface area contributed by atoms with Crippen LogP contribution in [0.1, 0.15) is 0 Å². The number of aromatic amines is 1. The van der Waals surface area contributed by atoms with Crippen molar-refractivity contribution in [3.05, 3.63) is 82.9 Å². The Labute approximate surface area is 160 Å². The molecule has 0 fully saturated rings. The number of benzene rings is 3. The van der Waals surface area contributed by atoms with E-state index in [0.29, 0.717) is 11.3 Å². The monoisotopic (exact) mass is 394 g/mol. The molecule has 9 heteroatoms. The molecule has 8 nitrogen and oxygen atoms in total. The number of nitrogens with zero attached hydrogens (tertiary/aromatic N) is 2. The molecule has 0 aliphatic heterocycles. The number of nitro benzene ring substituents is 1. The summed E-state index contributed by atoms with van der Waals surface area (Å²) in [4.78, 5) is 10.5. The number of hydrogen-bond acceptors (Lipinski definition) is 5. The van der Waals surface area contributed by atoms with Crippen molar-refractivity contribution in [2.45, 2.75) is 4.90 Å². The zero-order valence-corrected chi connectivity index (χ0v) is 15.2. The number of sulfonamides is 1. The molecule has 0 saturated heterocycles. The van der Waals surface area contributed by atoms with E-state index in [1.54, 1.807) is 24.3 Å². The summed E-state index contributed by atoms with van der Waals surface area (Å²) in [5.74, 6) is 0.0923. The van der Waals surface area contributed by atoms with Gasteiger partial charge in [-0.05, 0) is 22.9 Å². The Morgan fingerprint density at radius 3 is 2.50 bits per heavy atom. The Hall–Kier alpha value is -3.72. The summed E-state index contributed by atoms with van der Waals surface area (Å²) in [6, 6.07) is 19.8. The molecule has 0 unspecified atom stereocenters. The van der Waals surface area contributed by atoms with Gasteiger partial charge in [-0.1, -0.05) is 42.5 Å². The minimum atomic E-state index is -3.84. The van der Waals surface area contributed by atoms with Crippen LogP contribution in [0.4, 0.5) is 11.5 Å². The highest BCUT2D eigenvalue weighted by molar-refractivity contribution is 7.92. The average molecular weight is 394 g/mol. The van der Waals surface area contributed by atoms with Crippen LogP contribution in [-0.4, -0.2) is 23.5 Å². The Kier molecular flexibility index (Phi) is 4.28. The van der Waals surface area contributed by atoms with Gasteiger partial charge in [-0.3, -0.25) is 19.9 Å². The van der Waals surface area contributed by atoms with Crippen molar-refractivity contribution in [2.75, 3.05) is 4.72 Å². The highest BCUT2D eigenvalue weighted by Crippen LogP contribution is 2.25. The highest BCUT2D eigenvalue weighted by atomic mass is 32.2. The second kappa shape index (κ2) is 6.78. The lowest BCUT2D eigenvalue weighted by Gasteiger charge is -2.06. The number of hydrogen-bond donors (Lipinski definition) is 2. The predicted octanol–water partition coefficient (Wildman–Crippen LogP) is 3.94. The van der Waals surface area contributed by atoms with E-state index in [9.17, 15) is 18.5 Å². The maximum atomic E-state index is 12.7. The van der Waals surface area contributed by atoms with Gasteiger partial charge in [0.1, 0.15) is 0 Å². The summed E-state index contributed by atoms with van der Waals surface area (Å²) in [6.07, 6.45) is 0. The predicted molar refractivity (Wildman–Crippen MR) is 105 cm³/mol. The zero-order chi connectivity index (χ0) is 19.7. The quantitative estimate of drug-likeness (QED) is 0.393. The molecule has 0 aliphatic rings. The first kappa shape index (κ1) is 17.7. The second-order valence-corrected chi connectivity index (χ2v) is 7.77. The summed E-state index contributed by atoms with van der Waals surface area (Å²) in [5, 5.41) is 19.3. The molecule has 0 radical (unpaired) electrons. The van der Waals surface area contributed by atoms with Crippen molar-refractivity contribution in [3.8, 4) is 11.3 Å². The lowest BCUT2D eigenvalue weighted by Crippen LogP contribution is -2.13. The minimum absolute atomic E-state index is 0.0644. The SMILES string of the molecule is O=[N+]([O-])c1cccc(-c2cc(NS(=O)(=O)c3ccc4ccccc4c3)n[nH]2)c1. The van der Waals surface area contributed by atoms with Gasteiger partial charge in [-0.15, -0.1) is 0 Å². The van der Waals surface area contributed by atoms with Gasteiger partial charge in [0.25, 0.3) is 15.7 Å². The van der Waals surface area contributed by atoms with Crippen molar-refractivity contribution in [2.24, 2.45) is 0 Å². The Bertz CT molecular complexity index is 1300. The van der Waals surface area contributed by atoms with E-state index >= 15 is 0 Å². The van der Waals surface area contributed by atoms with Gasteiger partial charge in [-0.25, -0.2) is 8.42 Å². The van der Waals surface area contributed by atoms with Crippen LogP contribution in [0.3, 0.4) is 0 Å². The molecule has 4 aromatic rings. The van der Waals surface area contributed by atoms with E-state index in [2.05, 4.69) is 14.9 Å². The second-order valence-electron chi connectivity index (χ2n) is 6.09. The number of rotatable bonds is 5. The van der Waals surface area contributed by atoms with E-state index in [1.807, 2.05) is 24.3 Å². The molecule has 0 saturated carbocycles. The van der Waals surface area contributed by atoms with Gasteiger partial charge in [0.2, 0.25) is 0 Å². The van der Waals surface area contributed by atoms with Gasteiger partial charge in [0.15, 0.2) is 5.82 Å². The largest absolute Gasteiger partial charge is 0.276 e. The topological polar surface area (TPSA) is 118 Å². The molecule has 0 atom stereocenters. The normalized spacial score (nSPS) is 11.4. The van der Waals surface area contributed by atoms with Crippen LogP contribution in [0.5, 0.6) is 0 Å². The van der Waals surface area contributed by atoms with Crippen molar-refractivity contribution in [1.82, 2.24) is 10.2 Å². The van der Waals surface area contributed by atoms with Crippen molar-refractivity contribution < 1.29 is 13.3 Å². The van der Waals surface area contributed by atoms with Crippen LogP contribution in [0, 0.1) is 10.1 Å². The number of fused-ring (bicyclic) bond motifs is 1. The van der Waals surface area contributed by atoms with E-state index < -0.39 is 14.9 Å². The molecule has 28 heavy (non-hydrogen) atoms. The zero-order valence-electron chi connectivity index (χ0n) is 14.4. The van der Waals surface area contributed by atoms with E-state index in [1.165, 1.54) is 24.3 Å². The number of nitrogens with one attached hydrogen (secondary N) is 2. The maximum absolute atomic E-state index is 12.7. The van der Waals surface area contributed by atoms with Crippen LogP contribution in [-0.2, 0) is 10.0 Å². The molecule has 4 rings (SSSR count). The fourth-order valence-electron chi connectivity index (χ4n) is 2.84. The van der Waals surface area contributed by atoms with Gasteiger partial charge < -0.3 is 0 Å². The molecule has 2 N–H and O–H groups in total. The fraction of sp³-hybridized carbons (Fsp3) is 0. The number of aromatic nitrogens is 2. The lowest BCUT2D eigenvalue weighted by atomic mass is 10.1. The van der Waals surface area contributed by atoms with Crippen molar-refractivity contribution >= 4 is 32.3 Å². The fourth-order valence-corrected chi connectivity index (χ4v) is 3.87. The van der Waals surface area contributed by atoms with Gasteiger partial charge in [-0.2, -0.15) is 5.10 Å². The Morgan fingerprint density at radius 2 is 1.71 bits per heavy atom. The molecule has 140 valence electrons. The van der Waals surface area contributed by atoms with E-state index in [-0.39, 0.29) is 16.4 Å². The Morgan fingerprint density at radius 1 is 0.929 bits per heavy atom. The van der Waals surface area contributed by atoms with E-state index in [4.69, 9.17) is 0 Å². The summed E-state index contributed by atoms with van der Waals surface area (Å²) in [5.41, 5.74) is 0.920. The van der Waals surface area contributed by atoms with Gasteiger partial charge >= 0.3 is 0 Å². The van der Waals surface area contributed by atoms with Crippen molar-refractivity contribution in [1.29, 1.82) is 0 Å². The first-order valence-corrected chi connectivity index (χ1v) is 9.72. The number of anilines is 1. The molecule has 1 heterocycles. The third-order valence-electron chi connectivity index (χ3n) is 4.22. The summed E-state index contributed by atoms with van der Waals surface area (Å²) >= 11 is 0. The van der Waals surface area contributed by atoms with Crippen LogP contribution < -0.4 is 4.72 Å². The molecule has 0 aliphatic carbocycles. The van der Waals surface area contributed by atoms with Crippen LogP contribution in [0.25, 0.3) is 22.0 Å². The third kappa shape index (κ3) is 3.42. The average Bonchev–Trinajstić information content (AvgIpc) is 3.15. The molecule has 3 aromatic carbocycles. The van der Waals surface area contributed by atoms with Gasteiger partial charge in [0, 0.05) is 23.8 Å². The molecule has 0 spiro atoms.